The van der Waals surface area contributed by atoms with E-state index >= 15 is 0 Å². The molecule has 34 heavy (non-hydrogen) atoms. The van der Waals surface area contributed by atoms with Gasteiger partial charge in [-0.15, -0.1) is 0 Å². The van der Waals surface area contributed by atoms with Gasteiger partial charge in [0.25, 0.3) is 11.7 Å². The van der Waals surface area contributed by atoms with E-state index in [4.69, 9.17) is 4.74 Å². The van der Waals surface area contributed by atoms with Crippen LogP contribution in [0.1, 0.15) is 35.2 Å². The number of rotatable bonds is 5. The summed E-state index contributed by atoms with van der Waals surface area (Å²) in [5.41, 5.74) is 2.36. The number of carbonyl (C=O) groups is 2. The number of hydrogen-bond donors (Lipinski definition) is 1. The third-order valence-corrected chi connectivity index (χ3v) is 5.78. The van der Waals surface area contributed by atoms with Gasteiger partial charge in [0.1, 0.15) is 11.5 Å². The fourth-order valence-electron chi connectivity index (χ4n) is 4.10. The number of amides is 1. The second-order valence-corrected chi connectivity index (χ2v) is 8.09. The summed E-state index contributed by atoms with van der Waals surface area (Å²) in [6, 6.07) is 14.0. The summed E-state index contributed by atoms with van der Waals surface area (Å²) in [6.07, 6.45) is 0. The van der Waals surface area contributed by atoms with E-state index < -0.39 is 29.4 Å². The molecule has 1 fully saturated rings. The zero-order valence-corrected chi connectivity index (χ0v) is 18.9. The average molecular weight is 463 g/mol. The largest absolute Gasteiger partial charge is 0.507 e. The van der Waals surface area contributed by atoms with Crippen molar-refractivity contribution in [3.63, 3.8) is 0 Å². The molecule has 4 rings (SSSR count). The lowest BCUT2D eigenvalue weighted by atomic mass is 9.93. The van der Waals surface area contributed by atoms with Gasteiger partial charge in [-0.1, -0.05) is 29.8 Å². The Kier molecular flexibility index (Phi) is 6.20. The summed E-state index contributed by atoms with van der Waals surface area (Å²) in [7, 11) is 0. The lowest BCUT2D eigenvalue weighted by Crippen LogP contribution is -2.29. The number of aliphatic hydroxyl groups excluding tert-OH is 1. The molecule has 1 atom stereocenters. The van der Waals surface area contributed by atoms with Gasteiger partial charge in [0.05, 0.1) is 18.2 Å². The number of anilines is 1. The van der Waals surface area contributed by atoms with Gasteiger partial charge in [-0.2, -0.15) is 0 Å². The van der Waals surface area contributed by atoms with E-state index in [1.165, 1.54) is 6.07 Å². The van der Waals surface area contributed by atoms with Crippen molar-refractivity contribution in [3.8, 4) is 5.75 Å². The Morgan fingerprint density at radius 3 is 2.32 bits per heavy atom. The monoisotopic (exact) mass is 463 g/mol. The van der Waals surface area contributed by atoms with E-state index in [0.29, 0.717) is 29.0 Å². The Morgan fingerprint density at radius 2 is 1.68 bits per heavy atom. The van der Waals surface area contributed by atoms with Crippen molar-refractivity contribution in [1.82, 2.24) is 0 Å². The first-order chi connectivity index (χ1) is 16.2. The van der Waals surface area contributed by atoms with Crippen LogP contribution in [0.3, 0.4) is 0 Å². The van der Waals surface area contributed by atoms with Crippen LogP contribution in [0.2, 0.25) is 0 Å². The van der Waals surface area contributed by atoms with Crippen molar-refractivity contribution in [1.29, 1.82) is 0 Å². The third-order valence-electron chi connectivity index (χ3n) is 5.78. The summed E-state index contributed by atoms with van der Waals surface area (Å²) in [5, 5.41) is 11.3. The quantitative estimate of drug-likeness (QED) is 0.304. The highest BCUT2D eigenvalue weighted by Gasteiger charge is 2.47. The molecule has 0 saturated carbocycles. The predicted molar refractivity (Wildman–Crippen MR) is 125 cm³/mol. The fourth-order valence-corrected chi connectivity index (χ4v) is 4.10. The van der Waals surface area contributed by atoms with Gasteiger partial charge in [0.2, 0.25) is 0 Å². The zero-order valence-electron chi connectivity index (χ0n) is 18.9. The van der Waals surface area contributed by atoms with Crippen molar-refractivity contribution in [2.24, 2.45) is 0 Å². The fraction of sp³-hybridized carbons (Fsp3) is 0.185. The second kappa shape index (κ2) is 9.09. The smallest absolute Gasteiger partial charge is 0.300 e. The highest BCUT2D eigenvalue weighted by Crippen LogP contribution is 2.43. The zero-order chi connectivity index (χ0) is 24.6. The maximum atomic E-state index is 14.1. The van der Waals surface area contributed by atoms with Gasteiger partial charge in [0.15, 0.2) is 11.6 Å². The van der Waals surface area contributed by atoms with Crippen molar-refractivity contribution in [3.05, 3.63) is 100 Å². The van der Waals surface area contributed by atoms with E-state index in [-0.39, 0.29) is 17.0 Å². The van der Waals surface area contributed by atoms with Crippen molar-refractivity contribution >= 4 is 23.1 Å². The molecular weight excluding hydrogens is 440 g/mol. The Labute approximate surface area is 195 Å². The number of ether oxygens (including phenoxy) is 1. The number of carbonyl (C=O) groups excluding carboxylic acids is 2. The Balaban J connectivity index is 1.95. The van der Waals surface area contributed by atoms with Crippen LogP contribution in [0.25, 0.3) is 5.76 Å². The molecule has 7 heteroatoms. The Hall–Kier alpha value is -4.00. The highest BCUT2D eigenvalue weighted by molar-refractivity contribution is 6.51. The number of aryl methyl sites for hydroxylation is 2. The number of benzene rings is 3. The normalized spacial score (nSPS) is 17.3. The number of halogens is 2. The average Bonchev–Trinajstić information content (AvgIpc) is 3.08. The number of Topliss-reactive ketones (excluding diaryl/α,β-unsaturated/α-hetero) is 1. The minimum atomic E-state index is -1.15. The maximum absolute atomic E-state index is 14.1. The molecule has 1 saturated heterocycles. The van der Waals surface area contributed by atoms with Crippen LogP contribution in [0.5, 0.6) is 5.75 Å². The molecule has 1 heterocycles. The molecule has 1 N–H and O–H groups in total. The van der Waals surface area contributed by atoms with Crippen LogP contribution in [-0.2, 0) is 9.59 Å². The van der Waals surface area contributed by atoms with E-state index in [2.05, 4.69) is 0 Å². The van der Waals surface area contributed by atoms with E-state index in [1.54, 1.807) is 37.3 Å². The standard InChI is InChI=1S/C27H23F2NO4/c1-4-34-19-10-7-17(8-11-19)24-23(25(31)20-13-15(2)5-6-16(20)3)26(32)27(33)30(24)18-9-12-21(28)22(29)14-18/h5-14,24,31H,4H2,1-3H3/b25-23+. The second-order valence-electron chi connectivity index (χ2n) is 8.09. The van der Waals surface area contributed by atoms with Crippen LogP contribution in [-0.4, -0.2) is 23.4 Å². The molecule has 5 nitrogen and oxygen atoms in total. The van der Waals surface area contributed by atoms with Gasteiger partial charge >= 0.3 is 0 Å². The number of ketones is 1. The molecule has 3 aromatic carbocycles. The van der Waals surface area contributed by atoms with Gasteiger partial charge in [-0.25, -0.2) is 8.78 Å². The summed E-state index contributed by atoms with van der Waals surface area (Å²) < 4.78 is 33.1. The first-order valence-electron chi connectivity index (χ1n) is 10.8. The molecule has 0 aliphatic carbocycles. The minimum absolute atomic E-state index is 0.0000936. The van der Waals surface area contributed by atoms with Gasteiger partial charge in [-0.05, 0) is 62.2 Å². The molecule has 1 aliphatic rings. The molecule has 1 amide bonds. The van der Waals surface area contributed by atoms with Gasteiger partial charge < -0.3 is 9.84 Å². The summed E-state index contributed by atoms with van der Waals surface area (Å²) in [4.78, 5) is 27.4. The van der Waals surface area contributed by atoms with Crippen LogP contribution < -0.4 is 9.64 Å². The molecule has 1 unspecified atom stereocenters. The summed E-state index contributed by atoms with van der Waals surface area (Å²) in [5.74, 6) is -3.83. The van der Waals surface area contributed by atoms with E-state index in [9.17, 15) is 23.5 Å². The number of hydrogen-bond acceptors (Lipinski definition) is 4. The molecule has 0 radical (unpaired) electrons. The molecule has 0 aromatic heterocycles. The lowest BCUT2D eigenvalue weighted by molar-refractivity contribution is -0.132. The van der Waals surface area contributed by atoms with Crippen molar-refractivity contribution in [2.45, 2.75) is 26.8 Å². The molecule has 174 valence electrons. The molecule has 0 bridgehead atoms. The number of nitrogens with zero attached hydrogens (tertiary/aromatic N) is 1. The SMILES string of the molecule is CCOc1ccc(C2/C(=C(\O)c3cc(C)ccc3C)C(=O)C(=O)N2c2ccc(F)c(F)c2)cc1. The topological polar surface area (TPSA) is 66.8 Å². The Bertz CT molecular complexity index is 1310. The number of aliphatic hydroxyl groups is 1. The predicted octanol–water partition coefficient (Wildman–Crippen LogP) is 5.61. The van der Waals surface area contributed by atoms with E-state index in [0.717, 1.165) is 22.6 Å². The lowest BCUT2D eigenvalue weighted by Gasteiger charge is -2.26. The molecule has 3 aromatic rings. The third kappa shape index (κ3) is 4.05. The Morgan fingerprint density at radius 1 is 0.971 bits per heavy atom. The van der Waals surface area contributed by atoms with Crippen LogP contribution >= 0.6 is 0 Å². The van der Waals surface area contributed by atoms with Gasteiger partial charge in [-0.3, -0.25) is 14.5 Å². The van der Waals surface area contributed by atoms with Crippen LogP contribution in [0.15, 0.2) is 66.2 Å². The molecule has 1 aliphatic heterocycles. The van der Waals surface area contributed by atoms with Crippen LogP contribution in [0, 0.1) is 25.5 Å². The minimum Gasteiger partial charge on any atom is -0.507 e. The van der Waals surface area contributed by atoms with Crippen LogP contribution in [0.4, 0.5) is 14.5 Å². The van der Waals surface area contributed by atoms with E-state index in [1.807, 2.05) is 26.0 Å². The molecular formula is C27H23F2NO4. The summed E-state index contributed by atoms with van der Waals surface area (Å²) >= 11 is 0. The van der Waals surface area contributed by atoms with Crippen molar-refractivity contribution < 1.29 is 28.2 Å². The highest BCUT2D eigenvalue weighted by atomic mass is 19.2. The molecule has 0 spiro atoms. The van der Waals surface area contributed by atoms with Crippen molar-refractivity contribution in [2.75, 3.05) is 11.5 Å². The first-order valence-corrected chi connectivity index (χ1v) is 10.8. The first kappa shape index (κ1) is 23.2. The summed E-state index contributed by atoms with van der Waals surface area (Å²) in [6.45, 7) is 5.93. The maximum Gasteiger partial charge on any atom is 0.300 e. The van der Waals surface area contributed by atoms with Gasteiger partial charge in [0, 0.05) is 17.3 Å².